The van der Waals surface area contributed by atoms with Crippen molar-refractivity contribution in [1.29, 1.82) is 0 Å². The molecule has 1 saturated carbocycles. The van der Waals surface area contributed by atoms with Gasteiger partial charge in [0.15, 0.2) is 0 Å². The maximum Gasteiger partial charge on any atom is 0.311 e. The van der Waals surface area contributed by atoms with E-state index in [0.29, 0.717) is 5.75 Å². The van der Waals surface area contributed by atoms with Gasteiger partial charge in [-0.25, -0.2) is 0 Å². The Hall–Kier alpha value is -1.82. The van der Waals surface area contributed by atoms with E-state index >= 15 is 0 Å². The van der Waals surface area contributed by atoms with Crippen molar-refractivity contribution in [3.63, 3.8) is 0 Å². The standard InChI is InChI=1S/C13H18N2O4/c1-18-9-6-7-11(15(16)17)13(8-9)19-12-5-3-2-4-10(12)14/h6-8,10,12H,2-5,14H2,1H3. The molecule has 104 valence electrons. The second kappa shape index (κ2) is 5.88. The minimum atomic E-state index is -0.455. The number of nitro benzene ring substituents is 1. The molecule has 0 aromatic heterocycles. The summed E-state index contributed by atoms with van der Waals surface area (Å²) in [7, 11) is 1.51. The first-order valence-electron chi connectivity index (χ1n) is 6.36. The van der Waals surface area contributed by atoms with Crippen molar-refractivity contribution in [1.82, 2.24) is 0 Å². The molecule has 6 nitrogen and oxygen atoms in total. The maximum absolute atomic E-state index is 11.0. The molecule has 1 aromatic carbocycles. The molecule has 1 aromatic rings. The van der Waals surface area contributed by atoms with E-state index in [1.165, 1.54) is 13.2 Å². The monoisotopic (exact) mass is 266 g/mol. The number of hydrogen-bond acceptors (Lipinski definition) is 5. The molecule has 2 atom stereocenters. The van der Waals surface area contributed by atoms with Crippen LogP contribution in [0.25, 0.3) is 0 Å². The highest BCUT2D eigenvalue weighted by molar-refractivity contribution is 5.50. The second-order valence-electron chi connectivity index (χ2n) is 4.70. The van der Waals surface area contributed by atoms with Crippen molar-refractivity contribution in [2.75, 3.05) is 7.11 Å². The van der Waals surface area contributed by atoms with Gasteiger partial charge in [0.25, 0.3) is 0 Å². The molecule has 2 unspecified atom stereocenters. The van der Waals surface area contributed by atoms with Gasteiger partial charge in [-0.1, -0.05) is 6.42 Å². The third-order valence-electron chi connectivity index (χ3n) is 3.40. The zero-order valence-corrected chi connectivity index (χ0v) is 10.9. The predicted octanol–water partition coefficient (Wildman–Crippen LogP) is 2.25. The second-order valence-corrected chi connectivity index (χ2v) is 4.70. The van der Waals surface area contributed by atoms with Gasteiger partial charge in [-0.15, -0.1) is 0 Å². The summed E-state index contributed by atoms with van der Waals surface area (Å²) in [5.41, 5.74) is 5.94. The number of benzene rings is 1. The Morgan fingerprint density at radius 2 is 2.11 bits per heavy atom. The van der Waals surface area contributed by atoms with Gasteiger partial charge < -0.3 is 15.2 Å². The fourth-order valence-electron chi connectivity index (χ4n) is 2.30. The summed E-state index contributed by atoms with van der Waals surface area (Å²) in [6.07, 6.45) is 3.68. The zero-order valence-electron chi connectivity index (χ0n) is 10.9. The van der Waals surface area contributed by atoms with Crippen molar-refractivity contribution < 1.29 is 14.4 Å². The van der Waals surface area contributed by atoms with Gasteiger partial charge in [-0.3, -0.25) is 10.1 Å². The molecule has 6 heteroatoms. The van der Waals surface area contributed by atoms with Crippen LogP contribution in [0.4, 0.5) is 5.69 Å². The largest absolute Gasteiger partial charge is 0.497 e. The fraction of sp³-hybridized carbons (Fsp3) is 0.538. The van der Waals surface area contributed by atoms with Crippen LogP contribution < -0.4 is 15.2 Å². The van der Waals surface area contributed by atoms with Crippen molar-refractivity contribution in [3.8, 4) is 11.5 Å². The summed E-state index contributed by atoms with van der Waals surface area (Å²) < 4.78 is 10.8. The first kappa shape index (κ1) is 13.6. The van der Waals surface area contributed by atoms with E-state index in [4.69, 9.17) is 15.2 Å². The van der Waals surface area contributed by atoms with Gasteiger partial charge in [-0.05, 0) is 25.3 Å². The van der Waals surface area contributed by atoms with E-state index in [2.05, 4.69) is 0 Å². The Labute approximate surface area is 111 Å². The molecule has 0 spiro atoms. The van der Waals surface area contributed by atoms with E-state index < -0.39 is 4.92 Å². The molecule has 1 aliphatic carbocycles. The van der Waals surface area contributed by atoms with Crippen molar-refractivity contribution >= 4 is 5.69 Å². The summed E-state index contributed by atoms with van der Waals surface area (Å²) in [5, 5.41) is 11.0. The molecule has 0 bridgehead atoms. The molecule has 0 aliphatic heterocycles. The molecule has 1 fully saturated rings. The summed E-state index contributed by atoms with van der Waals surface area (Å²) in [4.78, 5) is 10.5. The molecular formula is C13H18N2O4. The van der Waals surface area contributed by atoms with Crippen molar-refractivity contribution in [2.24, 2.45) is 5.73 Å². The zero-order chi connectivity index (χ0) is 13.8. The highest BCUT2D eigenvalue weighted by Gasteiger charge is 2.26. The fourth-order valence-corrected chi connectivity index (χ4v) is 2.30. The van der Waals surface area contributed by atoms with Gasteiger partial charge in [-0.2, -0.15) is 0 Å². The Kier molecular flexibility index (Phi) is 4.21. The van der Waals surface area contributed by atoms with Gasteiger partial charge in [0.1, 0.15) is 11.9 Å². The third-order valence-corrected chi connectivity index (χ3v) is 3.40. The van der Waals surface area contributed by atoms with Crippen LogP contribution >= 0.6 is 0 Å². The lowest BCUT2D eigenvalue weighted by atomic mass is 9.93. The lowest BCUT2D eigenvalue weighted by Crippen LogP contribution is -2.41. The number of hydrogen-bond donors (Lipinski definition) is 1. The van der Waals surface area contributed by atoms with E-state index in [9.17, 15) is 10.1 Å². The van der Waals surface area contributed by atoms with E-state index in [0.717, 1.165) is 25.7 Å². The number of nitro groups is 1. The third kappa shape index (κ3) is 3.14. The van der Waals surface area contributed by atoms with Crippen LogP contribution in [0.5, 0.6) is 11.5 Å². The maximum atomic E-state index is 11.0. The Morgan fingerprint density at radius 1 is 1.37 bits per heavy atom. The number of nitrogens with two attached hydrogens (primary N) is 1. The summed E-state index contributed by atoms with van der Waals surface area (Å²) >= 11 is 0. The Balaban J connectivity index is 2.23. The van der Waals surface area contributed by atoms with Gasteiger partial charge >= 0.3 is 5.69 Å². The number of rotatable bonds is 4. The SMILES string of the molecule is COc1ccc([N+](=O)[O-])c(OC2CCCCC2N)c1. The van der Waals surface area contributed by atoms with Crippen LogP contribution in [0.15, 0.2) is 18.2 Å². The van der Waals surface area contributed by atoms with E-state index in [1.54, 1.807) is 12.1 Å². The minimum absolute atomic E-state index is 0.0569. The average molecular weight is 266 g/mol. The molecule has 19 heavy (non-hydrogen) atoms. The topological polar surface area (TPSA) is 87.6 Å². The number of methoxy groups -OCH3 is 1. The number of ether oxygens (including phenoxy) is 2. The number of nitrogens with zero attached hydrogens (tertiary/aromatic N) is 1. The van der Waals surface area contributed by atoms with E-state index in [1.807, 2.05) is 0 Å². The average Bonchev–Trinajstić information content (AvgIpc) is 2.41. The molecule has 2 N–H and O–H groups in total. The van der Waals surface area contributed by atoms with Gasteiger partial charge in [0.05, 0.1) is 12.0 Å². The van der Waals surface area contributed by atoms with Crippen LogP contribution in [-0.2, 0) is 0 Å². The van der Waals surface area contributed by atoms with Gasteiger partial charge in [0.2, 0.25) is 5.75 Å². The lowest BCUT2D eigenvalue weighted by Gasteiger charge is -2.28. The van der Waals surface area contributed by atoms with Crippen LogP contribution in [0, 0.1) is 10.1 Å². The first-order chi connectivity index (χ1) is 9.11. The molecule has 1 aliphatic rings. The highest BCUT2D eigenvalue weighted by Crippen LogP contribution is 2.33. The van der Waals surface area contributed by atoms with Crippen molar-refractivity contribution in [3.05, 3.63) is 28.3 Å². The predicted molar refractivity (Wildman–Crippen MR) is 70.5 cm³/mol. The molecule has 0 radical (unpaired) electrons. The minimum Gasteiger partial charge on any atom is -0.497 e. The van der Waals surface area contributed by atoms with Crippen LogP contribution in [0.3, 0.4) is 0 Å². The van der Waals surface area contributed by atoms with Gasteiger partial charge in [0, 0.05) is 18.2 Å². The molecular weight excluding hydrogens is 248 g/mol. The Morgan fingerprint density at radius 3 is 2.74 bits per heavy atom. The van der Waals surface area contributed by atoms with E-state index in [-0.39, 0.29) is 23.6 Å². The summed E-state index contributed by atoms with van der Waals surface area (Å²) in [6, 6.07) is 4.41. The lowest BCUT2D eigenvalue weighted by molar-refractivity contribution is -0.386. The van der Waals surface area contributed by atoms with Crippen molar-refractivity contribution in [2.45, 2.75) is 37.8 Å². The molecule has 0 heterocycles. The summed E-state index contributed by atoms with van der Waals surface area (Å²) in [5.74, 6) is 0.761. The Bertz CT molecular complexity index is 464. The van der Waals surface area contributed by atoms with Crippen LogP contribution in [0.2, 0.25) is 0 Å². The van der Waals surface area contributed by atoms with Crippen LogP contribution in [-0.4, -0.2) is 24.2 Å². The first-order valence-corrected chi connectivity index (χ1v) is 6.36. The smallest absolute Gasteiger partial charge is 0.311 e. The highest BCUT2D eigenvalue weighted by atomic mass is 16.6. The molecule has 2 rings (SSSR count). The summed E-state index contributed by atoms with van der Waals surface area (Å²) in [6.45, 7) is 0. The molecule has 0 saturated heterocycles. The normalized spacial score (nSPS) is 22.8. The van der Waals surface area contributed by atoms with Crippen LogP contribution in [0.1, 0.15) is 25.7 Å². The quantitative estimate of drug-likeness (QED) is 0.667. The molecule has 0 amide bonds.